The van der Waals surface area contributed by atoms with Crippen LogP contribution in [0, 0.1) is 6.92 Å². The summed E-state index contributed by atoms with van der Waals surface area (Å²) in [6, 6.07) is 0. The Labute approximate surface area is 99.2 Å². The van der Waals surface area contributed by atoms with Crippen molar-refractivity contribution >= 4 is 17.2 Å². The van der Waals surface area contributed by atoms with Gasteiger partial charge in [-0.3, -0.25) is 4.79 Å². The number of ether oxygens (including phenoxy) is 1. The minimum Gasteiger partial charge on any atom is -0.378 e. The third-order valence-corrected chi connectivity index (χ3v) is 3.82. The summed E-state index contributed by atoms with van der Waals surface area (Å²) in [5.41, 5.74) is 0.828. The first-order valence-corrected chi connectivity index (χ1v) is 6.28. The summed E-state index contributed by atoms with van der Waals surface area (Å²) in [7, 11) is 1.64. The van der Waals surface area contributed by atoms with Crippen LogP contribution in [0.1, 0.15) is 33.2 Å². The maximum Gasteiger partial charge on any atom is 0.265 e. The van der Waals surface area contributed by atoms with Gasteiger partial charge in [0.1, 0.15) is 9.88 Å². The van der Waals surface area contributed by atoms with Crippen LogP contribution in [0.5, 0.6) is 0 Å². The third kappa shape index (κ3) is 2.25. The maximum atomic E-state index is 12.1. The molecule has 1 aromatic rings. The Morgan fingerprint density at radius 2 is 2.19 bits per heavy atom. The topological polar surface area (TPSA) is 42.4 Å². The fraction of sp³-hybridized carbons (Fsp3) is 0.636. The van der Waals surface area contributed by atoms with Crippen LogP contribution in [-0.2, 0) is 11.3 Å². The van der Waals surface area contributed by atoms with Gasteiger partial charge in [-0.05, 0) is 19.8 Å². The van der Waals surface area contributed by atoms with E-state index in [2.05, 4.69) is 4.98 Å². The van der Waals surface area contributed by atoms with Crippen molar-refractivity contribution in [3.05, 3.63) is 15.6 Å². The summed E-state index contributed by atoms with van der Waals surface area (Å²) < 4.78 is 5.02. The lowest BCUT2D eigenvalue weighted by molar-refractivity contribution is 0.0796. The van der Waals surface area contributed by atoms with E-state index >= 15 is 0 Å². The second-order valence-corrected chi connectivity index (χ2v) is 5.04. The zero-order valence-corrected chi connectivity index (χ0v) is 10.5. The molecule has 16 heavy (non-hydrogen) atoms. The highest BCUT2D eigenvalue weighted by Gasteiger charge is 2.23. The number of methoxy groups -OCH3 is 1. The van der Waals surface area contributed by atoms with Gasteiger partial charge in [0.2, 0.25) is 0 Å². The SMILES string of the molecule is COCc1nc(C)c(C(=O)N2CCCC2)s1. The average Bonchev–Trinajstić information content (AvgIpc) is 2.87. The Morgan fingerprint density at radius 3 is 2.81 bits per heavy atom. The van der Waals surface area contributed by atoms with Crippen molar-refractivity contribution in [3.8, 4) is 0 Å². The molecule has 0 atom stereocenters. The Hall–Kier alpha value is -0.940. The monoisotopic (exact) mass is 240 g/mol. The van der Waals surface area contributed by atoms with Crippen molar-refractivity contribution in [3.63, 3.8) is 0 Å². The van der Waals surface area contributed by atoms with Gasteiger partial charge in [0.25, 0.3) is 5.91 Å². The van der Waals surface area contributed by atoms with Crippen molar-refractivity contribution in [2.75, 3.05) is 20.2 Å². The summed E-state index contributed by atoms with van der Waals surface area (Å²) in [6.07, 6.45) is 2.24. The van der Waals surface area contributed by atoms with E-state index in [1.165, 1.54) is 11.3 Å². The molecule has 2 rings (SSSR count). The zero-order valence-electron chi connectivity index (χ0n) is 9.65. The molecule has 0 bridgehead atoms. The first kappa shape index (κ1) is 11.5. The van der Waals surface area contributed by atoms with E-state index in [1.54, 1.807) is 7.11 Å². The van der Waals surface area contributed by atoms with Crippen LogP contribution in [0.2, 0.25) is 0 Å². The number of rotatable bonds is 3. The van der Waals surface area contributed by atoms with Crippen molar-refractivity contribution in [1.29, 1.82) is 0 Å². The number of likely N-dealkylation sites (tertiary alicyclic amines) is 1. The lowest BCUT2D eigenvalue weighted by Crippen LogP contribution is -2.27. The molecule has 1 fully saturated rings. The second-order valence-electron chi connectivity index (χ2n) is 3.95. The number of aromatic nitrogens is 1. The molecule has 4 nitrogen and oxygen atoms in total. The Bertz CT molecular complexity index is 383. The van der Waals surface area contributed by atoms with Gasteiger partial charge in [-0.15, -0.1) is 11.3 Å². The molecule has 5 heteroatoms. The average molecular weight is 240 g/mol. The predicted molar refractivity (Wildman–Crippen MR) is 62.7 cm³/mol. The van der Waals surface area contributed by atoms with Gasteiger partial charge in [-0.25, -0.2) is 4.98 Å². The van der Waals surface area contributed by atoms with E-state index in [0.29, 0.717) is 6.61 Å². The van der Waals surface area contributed by atoms with Crippen LogP contribution in [0.25, 0.3) is 0 Å². The summed E-state index contributed by atoms with van der Waals surface area (Å²) in [5, 5.41) is 0.877. The lowest BCUT2D eigenvalue weighted by atomic mass is 10.3. The van der Waals surface area contributed by atoms with Crippen molar-refractivity contribution < 1.29 is 9.53 Å². The normalized spacial score (nSPS) is 15.8. The first-order chi connectivity index (χ1) is 7.72. The molecule has 0 radical (unpaired) electrons. The Morgan fingerprint density at radius 1 is 1.50 bits per heavy atom. The van der Waals surface area contributed by atoms with Crippen LogP contribution in [-0.4, -0.2) is 36.0 Å². The van der Waals surface area contributed by atoms with Crippen LogP contribution in [0.3, 0.4) is 0 Å². The predicted octanol–water partition coefficient (Wildman–Crippen LogP) is 1.83. The molecule has 2 heterocycles. The van der Waals surface area contributed by atoms with E-state index in [9.17, 15) is 4.79 Å². The Balaban J connectivity index is 2.15. The molecule has 1 aliphatic heterocycles. The molecule has 0 aromatic carbocycles. The number of carbonyl (C=O) groups excluding carboxylic acids is 1. The van der Waals surface area contributed by atoms with E-state index in [-0.39, 0.29) is 5.91 Å². The largest absolute Gasteiger partial charge is 0.378 e. The number of amides is 1. The minimum absolute atomic E-state index is 0.134. The smallest absolute Gasteiger partial charge is 0.265 e. The standard InChI is InChI=1S/C11H16N2O2S/c1-8-10(16-9(12-8)7-15-2)11(14)13-5-3-4-6-13/h3-7H2,1-2H3. The van der Waals surface area contributed by atoms with E-state index in [0.717, 1.165) is 41.5 Å². The molecule has 0 N–H and O–H groups in total. The molecule has 0 saturated carbocycles. The van der Waals surface area contributed by atoms with Crippen LogP contribution < -0.4 is 0 Å². The van der Waals surface area contributed by atoms with Crippen molar-refractivity contribution in [2.45, 2.75) is 26.4 Å². The molecular weight excluding hydrogens is 224 g/mol. The lowest BCUT2D eigenvalue weighted by Gasteiger charge is -2.13. The van der Waals surface area contributed by atoms with Gasteiger partial charge in [0, 0.05) is 20.2 Å². The molecule has 1 aromatic heterocycles. The molecule has 0 unspecified atom stereocenters. The summed E-state index contributed by atoms with van der Waals surface area (Å²) in [4.78, 5) is 19.2. The zero-order chi connectivity index (χ0) is 11.5. The molecule has 1 saturated heterocycles. The highest BCUT2D eigenvalue weighted by molar-refractivity contribution is 7.13. The van der Waals surface area contributed by atoms with E-state index in [1.807, 2.05) is 11.8 Å². The minimum atomic E-state index is 0.134. The van der Waals surface area contributed by atoms with E-state index < -0.39 is 0 Å². The van der Waals surface area contributed by atoms with Crippen LogP contribution >= 0.6 is 11.3 Å². The van der Waals surface area contributed by atoms with E-state index in [4.69, 9.17) is 4.74 Å². The summed E-state index contributed by atoms with van der Waals surface area (Å²) >= 11 is 1.45. The molecule has 1 aliphatic rings. The molecule has 1 amide bonds. The summed E-state index contributed by atoms with van der Waals surface area (Å²) in [5.74, 6) is 0.134. The fourth-order valence-electron chi connectivity index (χ4n) is 1.90. The number of aryl methyl sites for hydroxylation is 1. The van der Waals surface area contributed by atoms with Crippen molar-refractivity contribution in [2.24, 2.45) is 0 Å². The third-order valence-electron chi connectivity index (χ3n) is 2.70. The Kier molecular flexibility index (Phi) is 3.56. The number of carbonyl (C=O) groups is 1. The molecule has 0 aliphatic carbocycles. The van der Waals surface area contributed by atoms with Gasteiger partial charge >= 0.3 is 0 Å². The van der Waals surface area contributed by atoms with Crippen LogP contribution in [0.15, 0.2) is 0 Å². The van der Waals surface area contributed by atoms with Crippen LogP contribution in [0.4, 0.5) is 0 Å². The van der Waals surface area contributed by atoms with Gasteiger partial charge < -0.3 is 9.64 Å². The fourth-order valence-corrected chi connectivity index (χ4v) is 2.90. The van der Waals surface area contributed by atoms with Gasteiger partial charge in [0.15, 0.2) is 0 Å². The number of hydrogen-bond donors (Lipinski definition) is 0. The highest BCUT2D eigenvalue weighted by Crippen LogP contribution is 2.22. The van der Waals surface area contributed by atoms with Gasteiger partial charge in [0.05, 0.1) is 12.3 Å². The van der Waals surface area contributed by atoms with Gasteiger partial charge in [-0.1, -0.05) is 0 Å². The van der Waals surface area contributed by atoms with Gasteiger partial charge in [-0.2, -0.15) is 0 Å². The highest BCUT2D eigenvalue weighted by atomic mass is 32.1. The molecule has 88 valence electrons. The maximum absolute atomic E-state index is 12.1. The number of hydrogen-bond acceptors (Lipinski definition) is 4. The number of thiazole rings is 1. The van der Waals surface area contributed by atoms with Crippen molar-refractivity contribution in [1.82, 2.24) is 9.88 Å². The first-order valence-electron chi connectivity index (χ1n) is 5.47. The quantitative estimate of drug-likeness (QED) is 0.809. The summed E-state index contributed by atoms with van der Waals surface area (Å²) in [6.45, 7) is 4.14. The molecule has 0 spiro atoms. The second kappa shape index (κ2) is 4.93. The molecular formula is C11H16N2O2S. The number of nitrogens with zero attached hydrogens (tertiary/aromatic N) is 2.